The van der Waals surface area contributed by atoms with Gasteiger partial charge in [-0.3, -0.25) is 4.90 Å². The highest BCUT2D eigenvalue weighted by Crippen LogP contribution is 2.28. The van der Waals surface area contributed by atoms with Gasteiger partial charge in [-0.05, 0) is 50.0 Å². The van der Waals surface area contributed by atoms with Crippen LogP contribution in [0.15, 0.2) is 18.2 Å². The van der Waals surface area contributed by atoms with Crippen molar-refractivity contribution in [2.45, 2.75) is 25.8 Å². The summed E-state index contributed by atoms with van der Waals surface area (Å²) >= 11 is 0. The number of piperidine rings is 1. The number of rotatable bonds is 3. The molecule has 18 heavy (non-hydrogen) atoms. The molecular formula is C14H20F2N2. The molecule has 1 aliphatic heterocycles. The normalized spacial score (nSPS) is 20.0. The van der Waals surface area contributed by atoms with Crippen LogP contribution in [0.3, 0.4) is 0 Å². The number of hydrogen-bond acceptors (Lipinski definition) is 2. The van der Waals surface area contributed by atoms with Crippen LogP contribution in [-0.2, 0) is 0 Å². The van der Waals surface area contributed by atoms with Gasteiger partial charge in [0.05, 0.1) is 0 Å². The van der Waals surface area contributed by atoms with E-state index in [1.165, 1.54) is 12.1 Å². The third kappa shape index (κ3) is 2.87. The monoisotopic (exact) mass is 254 g/mol. The van der Waals surface area contributed by atoms with Crippen LogP contribution in [0.4, 0.5) is 8.78 Å². The van der Waals surface area contributed by atoms with E-state index in [2.05, 4.69) is 11.8 Å². The van der Waals surface area contributed by atoms with Gasteiger partial charge < -0.3 is 5.73 Å². The van der Waals surface area contributed by atoms with E-state index >= 15 is 0 Å². The largest absolute Gasteiger partial charge is 0.329 e. The average Bonchev–Trinajstić information content (AvgIpc) is 2.37. The first-order chi connectivity index (χ1) is 8.61. The van der Waals surface area contributed by atoms with E-state index < -0.39 is 5.82 Å². The lowest BCUT2D eigenvalue weighted by molar-refractivity contribution is 0.138. The molecule has 1 atom stereocenters. The van der Waals surface area contributed by atoms with Gasteiger partial charge >= 0.3 is 0 Å². The Morgan fingerprint density at radius 1 is 1.33 bits per heavy atom. The van der Waals surface area contributed by atoms with Crippen molar-refractivity contribution in [2.24, 2.45) is 11.7 Å². The lowest BCUT2D eigenvalue weighted by atomic mass is 9.95. The Bertz CT molecular complexity index is 401. The third-order valence-corrected chi connectivity index (χ3v) is 3.80. The zero-order chi connectivity index (χ0) is 13.1. The van der Waals surface area contributed by atoms with Crippen LogP contribution in [0.2, 0.25) is 0 Å². The van der Waals surface area contributed by atoms with Gasteiger partial charge in [-0.15, -0.1) is 0 Å². The fourth-order valence-electron chi connectivity index (χ4n) is 2.58. The Morgan fingerprint density at radius 2 is 2.00 bits per heavy atom. The SMILES string of the molecule is CC1CCN(C(CN)c2cc(F)ccc2F)CC1. The van der Waals surface area contributed by atoms with Crippen molar-refractivity contribution in [1.29, 1.82) is 0 Å². The highest BCUT2D eigenvalue weighted by atomic mass is 19.1. The van der Waals surface area contributed by atoms with Gasteiger partial charge in [0.2, 0.25) is 0 Å². The molecule has 1 unspecified atom stereocenters. The summed E-state index contributed by atoms with van der Waals surface area (Å²) in [5.74, 6) is -0.0715. The van der Waals surface area contributed by atoms with Gasteiger partial charge in [-0.2, -0.15) is 0 Å². The lowest BCUT2D eigenvalue weighted by Crippen LogP contribution is -2.39. The second-order valence-corrected chi connectivity index (χ2v) is 5.14. The third-order valence-electron chi connectivity index (χ3n) is 3.80. The Labute approximate surface area is 107 Å². The first-order valence-corrected chi connectivity index (χ1v) is 6.51. The molecule has 0 saturated carbocycles. The topological polar surface area (TPSA) is 29.3 Å². The summed E-state index contributed by atoms with van der Waals surface area (Å²) in [6, 6.07) is 3.38. The molecule has 0 aliphatic carbocycles. The zero-order valence-electron chi connectivity index (χ0n) is 10.7. The van der Waals surface area contributed by atoms with E-state index in [4.69, 9.17) is 5.73 Å². The molecule has 0 radical (unpaired) electrons. The quantitative estimate of drug-likeness (QED) is 0.898. The zero-order valence-corrected chi connectivity index (χ0v) is 10.7. The van der Waals surface area contributed by atoms with Crippen LogP contribution in [0, 0.1) is 17.6 Å². The summed E-state index contributed by atoms with van der Waals surface area (Å²) in [4.78, 5) is 2.16. The molecular weight excluding hydrogens is 234 g/mol. The van der Waals surface area contributed by atoms with Crippen LogP contribution in [0.1, 0.15) is 31.4 Å². The number of halogens is 2. The molecule has 0 amide bonds. The number of benzene rings is 1. The van der Waals surface area contributed by atoms with E-state index in [-0.39, 0.29) is 11.9 Å². The number of nitrogens with zero attached hydrogens (tertiary/aromatic N) is 1. The van der Waals surface area contributed by atoms with Crippen LogP contribution < -0.4 is 5.73 Å². The van der Waals surface area contributed by atoms with Crippen molar-refractivity contribution in [3.05, 3.63) is 35.4 Å². The second-order valence-electron chi connectivity index (χ2n) is 5.14. The van der Waals surface area contributed by atoms with Crippen molar-refractivity contribution in [3.63, 3.8) is 0 Å². The second kappa shape index (κ2) is 5.76. The standard InChI is InChI=1S/C14H20F2N2/c1-10-4-6-18(7-5-10)14(9-17)12-8-11(15)2-3-13(12)16/h2-3,8,10,14H,4-7,9,17H2,1H3. The highest BCUT2D eigenvalue weighted by Gasteiger charge is 2.25. The fraction of sp³-hybridized carbons (Fsp3) is 0.571. The molecule has 0 bridgehead atoms. The van der Waals surface area contributed by atoms with Gasteiger partial charge in [0.1, 0.15) is 11.6 Å². The van der Waals surface area contributed by atoms with Crippen LogP contribution in [-0.4, -0.2) is 24.5 Å². The summed E-state index contributed by atoms with van der Waals surface area (Å²) in [5, 5.41) is 0. The molecule has 100 valence electrons. The minimum Gasteiger partial charge on any atom is -0.329 e. The molecule has 1 aromatic rings. The molecule has 1 aliphatic rings. The maximum absolute atomic E-state index is 13.8. The van der Waals surface area contributed by atoms with Gasteiger partial charge in [-0.1, -0.05) is 6.92 Å². The van der Waals surface area contributed by atoms with Gasteiger partial charge in [-0.25, -0.2) is 8.78 Å². The molecule has 2 nitrogen and oxygen atoms in total. The molecule has 0 spiro atoms. The molecule has 4 heteroatoms. The summed E-state index contributed by atoms with van der Waals surface area (Å²) < 4.78 is 27.0. The van der Waals surface area contributed by atoms with Gasteiger partial charge in [0.25, 0.3) is 0 Å². The number of likely N-dealkylation sites (tertiary alicyclic amines) is 1. The fourth-order valence-corrected chi connectivity index (χ4v) is 2.58. The van der Waals surface area contributed by atoms with Crippen LogP contribution in [0.25, 0.3) is 0 Å². The maximum Gasteiger partial charge on any atom is 0.128 e. The Morgan fingerprint density at radius 3 is 2.61 bits per heavy atom. The van der Waals surface area contributed by atoms with Crippen molar-refractivity contribution < 1.29 is 8.78 Å². The predicted octanol–water partition coefficient (Wildman–Crippen LogP) is 2.70. The summed E-state index contributed by atoms with van der Waals surface area (Å²) in [5.41, 5.74) is 6.14. The molecule has 0 aromatic heterocycles. The molecule has 1 aromatic carbocycles. The molecule has 1 saturated heterocycles. The van der Waals surface area contributed by atoms with Crippen LogP contribution in [0.5, 0.6) is 0 Å². The summed E-state index contributed by atoms with van der Waals surface area (Å²) in [6.07, 6.45) is 2.18. The van der Waals surface area contributed by atoms with Crippen molar-refractivity contribution in [1.82, 2.24) is 4.90 Å². The lowest BCUT2D eigenvalue weighted by Gasteiger charge is -2.36. The average molecular weight is 254 g/mol. The predicted molar refractivity (Wildman–Crippen MR) is 68.1 cm³/mol. The minimum atomic E-state index is -0.407. The van der Waals surface area contributed by atoms with Gasteiger partial charge in [0.15, 0.2) is 0 Å². The molecule has 1 heterocycles. The smallest absolute Gasteiger partial charge is 0.128 e. The minimum absolute atomic E-state index is 0.215. The Hall–Kier alpha value is -1.00. The summed E-state index contributed by atoms with van der Waals surface area (Å²) in [7, 11) is 0. The Kier molecular flexibility index (Phi) is 4.30. The number of hydrogen-bond donors (Lipinski definition) is 1. The van der Waals surface area contributed by atoms with Crippen molar-refractivity contribution in [3.8, 4) is 0 Å². The first kappa shape index (κ1) is 13.4. The Balaban J connectivity index is 2.19. The number of nitrogens with two attached hydrogens (primary N) is 1. The van der Waals surface area contributed by atoms with E-state index in [0.717, 1.165) is 32.0 Å². The molecule has 2 N–H and O–H groups in total. The van der Waals surface area contributed by atoms with Crippen molar-refractivity contribution >= 4 is 0 Å². The van der Waals surface area contributed by atoms with E-state index in [1.54, 1.807) is 0 Å². The van der Waals surface area contributed by atoms with E-state index in [0.29, 0.717) is 18.0 Å². The highest BCUT2D eigenvalue weighted by molar-refractivity contribution is 5.23. The maximum atomic E-state index is 13.8. The first-order valence-electron chi connectivity index (χ1n) is 6.51. The van der Waals surface area contributed by atoms with Crippen LogP contribution >= 0.6 is 0 Å². The molecule has 1 fully saturated rings. The van der Waals surface area contributed by atoms with Crippen molar-refractivity contribution in [2.75, 3.05) is 19.6 Å². The van der Waals surface area contributed by atoms with E-state index in [9.17, 15) is 8.78 Å². The van der Waals surface area contributed by atoms with Gasteiger partial charge in [0, 0.05) is 18.2 Å². The molecule has 2 rings (SSSR count). The van der Waals surface area contributed by atoms with E-state index in [1.807, 2.05) is 0 Å². The summed E-state index contributed by atoms with van der Waals surface area (Å²) in [6.45, 7) is 4.34.